The molecule has 1 aromatic heterocycles. The first-order chi connectivity index (χ1) is 15.7. The minimum atomic E-state index is -1.35. The summed E-state index contributed by atoms with van der Waals surface area (Å²) in [4.78, 5) is 24.9. The number of hydrogen-bond acceptors (Lipinski definition) is 4. The highest BCUT2D eigenvalue weighted by Crippen LogP contribution is 2.33. The predicted octanol–water partition coefficient (Wildman–Crippen LogP) is 6.40. The number of aryl methyl sites for hydroxylation is 2. The third-order valence-corrected chi connectivity index (χ3v) is 5.82. The highest BCUT2D eigenvalue weighted by Gasteiger charge is 2.22. The number of nitrogens with one attached hydrogen (secondary N) is 1. The molecule has 1 heterocycles. The van der Waals surface area contributed by atoms with Gasteiger partial charge in [-0.2, -0.15) is 0 Å². The maximum Gasteiger partial charge on any atom is 0.340 e. The fourth-order valence-electron chi connectivity index (χ4n) is 4.07. The standard InChI is InChI=1S/C27H24FNO4/c1-14-12-19(17(4)29-21-11-10-15(2)23(28)22(21)27(31)32)26-20(13-14)24(30)16(3)25(33-26)18-8-6-5-7-9-18/h5-13,17,29H,1-4H3,(H,31,32). The van der Waals surface area contributed by atoms with Crippen LogP contribution in [0.4, 0.5) is 10.1 Å². The first kappa shape index (κ1) is 22.3. The fourth-order valence-corrected chi connectivity index (χ4v) is 4.07. The van der Waals surface area contributed by atoms with Crippen LogP contribution in [0, 0.1) is 26.6 Å². The third-order valence-electron chi connectivity index (χ3n) is 5.82. The fraction of sp³-hybridized carbons (Fsp3) is 0.185. The molecular weight excluding hydrogens is 421 g/mol. The van der Waals surface area contributed by atoms with Crippen LogP contribution in [0.2, 0.25) is 0 Å². The van der Waals surface area contributed by atoms with Gasteiger partial charge in [0.2, 0.25) is 0 Å². The maximum absolute atomic E-state index is 14.5. The number of aromatic carboxylic acids is 1. The molecule has 0 fully saturated rings. The van der Waals surface area contributed by atoms with Gasteiger partial charge in [0.05, 0.1) is 17.1 Å². The van der Waals surface area contributed by atoms with E-state index in [0.717, 1.165) is 11.1 Å². The van der Waals surface area contributed by atoms with Crippen LogP contribution in [0.15, 0.2) is 63.8 Å². The molecule has 1 atom stereocenters. The van der Waals surface area contributed by atoms with Gasteiger partial charge in [0.1, 0.15) is 22.7 Å². The lowest BCUT2D eigenvalue weighted by Crippen LogP contribution is -2.15. The zero-order valence-electron chi connectivity index (χ0n) is 18.8. The van der Waals surface area contributed by atoms with Crippen molar-refractivity contribution in [1.29, 1.82) is 0 Å². The predicted molar refractivity (Wildman–Crippen MR) is 128 cm³/mol. The van der Waals surface area contributed by atoms with Crippen molar-refractivity contribution in [2.45, 2.75) is 33.7 Å². The molecule has 3 aromatic carbocycles. The van der Waals surface area contributed by atoms with Gasteiger partial charge in [-0.05, 0) is 51.0 Å². The maximum atomic E-state index is 14.5. The molecule has 5 nitrogen and oxygen atoms in total. The summed E-state index contributed by atoms with van der Waals surface area (Å²) in [6, 6.07) is 15.7. The molecule has 0 aliphatic heterocycles. The van der Waals surface area contributed by atoms with Crippen molar-refractivity contribution < 1.29 is 18.7 Å². The van der Waals surface area contributed by atoms with Crippen LogP contribution in [0.3, 0.4) is 0 Å². The van der Waals surface area contributed by atoms with Gasteiger partial charge in [0.15, 0.2) is 5.43 Å². The van der Waals surface area contributed by atoms with Gasteiger partial charge in [-0.1, -0.05) is 42.5 Å². The Morgan fingerprint density at radius 3 is 2.42 bits per heavy atom. The molecule has 0 aliphatic carbocycles. The minimum Gasteiger partial charge on any atom is -0.478 e. The number of anilines is 1. The van der Waals surface area contributed by atoms with Crippen LogP contribution < -0.4 is 10.7 Å². The lowest BCUT2D eigenvalue weighted by Gasteiger charge is -2.20. The van der Waals surface area contributed by atoms with E-state index in [1.807, 2.05) is 50.2 Å². The Kier molecular flexibility index (Phi) is 5.77. The molecule has 4 aromatic rings. The second-order valence-corrected chi connectivity index (χ2v) is 8.27. The smallest absolute Gasteiger partial charge is 0.340 e. The summed E-state index contributed by atoms with van der Waals surface area (Å²) in [5, 5.41) is 13.1. The second-order valence-electron chi connectivity index (χ2n) is 8.27. The van der Waals surface area contributed by atoms with Crippen LogP contribution >= 0.6 is 0 Å². The molecule has 168 valence electrons. The topological polar surface area (TPSA) is 79.5 Å². The molecule has 0 saturated carbocycles. The monoisotopic (exact) mass is 445 g/mol. The molecule has 33 heavy (non-hydrogen) atoms. The Labute approximate surface area is 190 Å². The summed E-state index contributed by atoms with van der Waals surface area (Å²) in [6.45, 7) is 6.96. The lowest BCUT2D eigenvalue weighted by atomic mass is 9.98. The van der Waals surface area contributed by atoms with Crippen molar-refractivity contribution in [2.24, 2.45) is 0 Å². The Hall–Kier alpha value is -3.93. The van der Waals surface area contributed by atoms with E-state index in [1.165, 1.54) is 13.0 Å². The van der Waals surface area contributed by atoms with Crippen LogP contribution in [0.1, 0.15) is 45.6 Å². The van der Waals surface area contributed by atoms with Gasteiger partial charge in [-0.15, -0.1) is 0 Å². The number of halogens is 1. The summed E-state index contributed by atoms with van der Waals surface area (Å²) >= 11 is 0. The van der Waals surface area contributed by atoms with E-state index in [9.17, 15) is 19.1 Å². The number of benzene rings is 3. The number of fused-ring (bicyclic) bond motifs is 1. The average Bonchev–Trinajstić information content (AvgIpc) is 2.79. The molecule has 0 amide bonds. The molecule has 2 N–H and O–H groups in total. The van der Waals surface area contributed by atoms with Gasteiger partial charge in [0.25, 0.3) is 0 Å². The molecule has 6 heteroatoms. The van der Waals surface area contributed by atoms with E-state index in [4.69, 9.17) is 4.42 Å². The third kappa shape index (κ3) is 4.00. The second kappa shape index (κ2) is 8.54. The first-order valence-corrected chi connectivity index (χ1v) is 10.6. The van der Waals surface area contributed by atoms with Crippen LogP contribution in [-0.2, 0) is 0 Å². The zero-order valence-corrected chi connectivity index (χ0v) is 18.8. The molecule has 0 spiro atoms. The number of rotatable bonds is 5. The van der Waals surface area contributed by atoms with E-state index in [0.29, 0.717) is 27.9 Å². The number of carboxylic acid groups (broad SMARTS) is 1. The van der Waals surface area contributed by atoms with Crippen molar-refractivity contribution in [1.82, 2.24) is 0 Å². The normalized spacial score (nSPS) is 12.0. The summed E-state index contributed by atoms with van der Waals surface area (Å²) in [5.41, 5.74) is 3.12. The summed E-state index contributed by atoms with van der Waals surface area (Å²) in [5.74, 6) is -1.64. The zero-order chi connectivity index (χ0) is 23.9. The van der Waals surface area contributed by atoms with Gasteiger partial charge < -0.3 is 14.8 Å². The van der Waals surface area contributed by atoms with Gasteiger partial charge >= 0.3 is 5.97 Å². The van der Waals surface area contributed by atoms with Crippen LogP contribution in [-0.4, -0.2) is 11.1 Å². The SMILES string of the molecule is Cc1cc(C(C)Nc2ccc(C)c(F)c2C(=O)O)c2oc(-c3ccccc3)c(C)c(=O)c2c1. The molecule has 0 aliphatic rings. The van der Waals surface area contributed by atoms with E-state index in [1.54, 1.807) is 19.1 Å². The van der Waals surface area contributed by atoms with Crippen molar-refractivity contribution in [3.05, 3.63) is 98.5 Å². The number of hydrogen-bond donors (Lipinski definition) is 2. The molecular formula is C27H24FNO4. The average molecular weight is 445 g/mol. The highest BCUT2D eigenvalue weighted by atomic mass is 19.1. The molecule has 1 unspecified atom stereocenters. The van der Waals surface area contributed by atoms with Gasteiger partial charge in [0, 0.05) is 16.7 Å². The van der Waals surface area contributed by atoms with Crippen LogP contribution in [0.25, 0.3) is 22.3 Å². The largest absolute Gasteiger partial charge is 0.478 e. The van der Waals surface area contributed by atoms with E-state index < -0.39 is 23.4 Å². The van der Waals surface area contributed by atoms with Gasteiger partial charge in [-0.3, -0.25) is 4.79 Å². The Morgan fingerprint density at radius 2 is 1.76 bits per heavy atom. The van der Waals surface area contributed by atoms with Gasteiger partial charge in [-0.25, -0.2) is 9.18 Å². The van der Waals surface area contributed by atoms with Crippen molar-refractivity contribution >= 4 is 22.6 Å². The minimum absolute atomic E-state index is 0.125. The van der Waals surface area contributed by atoms with Crippen molar-refractivity contribution in [3.63, 3.8) is 0 Å². The highest BCUT2D eigenvalue weighted by molar-refractivity contribution is 5.95. The van der Waals surface area contributed by atoms with E-state index >= 15 is 0 Å². The molecule has 0 radical (unpaired) electrons. The first-order valence-electron chi connectivity index (χ1n) is 10.6. The van der Waals surface area contributed by atoms with Crippen LogP contribution in [0.5, 0.6) is 0 Å². The Balaban J connectivity index is 1.90. The van der Waals surface area contributed by atoms with E-state index in [2.05, 4.69) is 5.32 Å². The van der Waals surface area contributed by atoms with Crippen molar-refractivity contribution in [3.8, 4) is 11.3 Å². The molecule has 0 saturated heterocycles. The summed E-state index contributed by atoms with van der Waals surface area (Å²) in [7, 11) is 0. The van der Waals surface area contributed by atoms with E-state index in [-0.39, 0.29) is 16.7 Å². The molecule has 4 rings (SSSR count). The Bertz CT molecular complexity index is 1440. The quantitative estimate of drug-likeness (QED) is 0.372. The Morgan fingerprint density at radius 1 is 1.06 bits per heavy atom. The number of carbonyl (C=O) groups is 1. The summed E-state index contributed by atoms with van der Waals surface area (Å²) < 4.78 is 20.8. The lowest BCUT2D eigenvalue weighted by molar-refractivity contribution is 0.0692. The number of carboxylic acids is 1. The van der Waals surface area contributed by atoms with Crippen molar-refractivity contribution in [2.75, 3.05) is 5.32 Å². The summed E-state index contributed by atoms with van der Waals surface area (Å²) in [6.07, 6.45) is 0. The molecule has 0 bridgehead atoms.